The van der Waals surface area contributed by atoms with E-state index in [1.165, 1.54) is 17.4 Å². The summed E-state index contributed by atoms with van der Waals surface area (Å²) < 4.78 is 26.2. The van der Waals surface area contributed by atoms with Crippen LogP contribution in [0.25, 0.3) is 0 Å². The van der Waals surface area contributed by atoms with Crippen molar-refractivity contribution >= 4 is 21.9 Å². The quantitative estimate of drug-likeness (QED) is 0.813. The highest BCUT2D eigenvalue weighted by molar-refractivity contribution is 7.89. The number of hydrogen-bond acceptors (Lipinski definition) is 4. The highest BCUT2D eigenvalue weighted by atomic mass is 32.2. The predicted octanol–water partition coefficient (Wildman–Crippen LogP) is -0.0442. The minimum absolute atomic E-state index is 0.0730. The molecule has 2 N–H and O–H groups in total. The molecular formula is C12H17N3O5S. The van der Waals surface area contributed by atoms with Crippen molar-refractivity contribution in [3.8, 4) is 0 Å². The number of nitrogens with zero attached hydrogens (tertiary/aromatic N) is 2. The number of carboxylic acid groups (broad SMARTS) is 1. The number of aromatic nitrogens is 1. The summed E-state index contributed by atoms with van der Waals surface area (Å²) in [5.41, 5.74) is -0.172. The number of carbonyl (C=O) groups excluding carboxylic acids is 1. The first-order chi connectivity index (χ1) is 9.82. The zero-order valence-electron chi connectivity index (χ0n) is 11.6. The van der Waals surface area contributed by atoms with Crippen LogP contribution in [0.2, 0.25) is 0 Å². The van der Waals surface area contributed by atoms with Gasteiger partial charge < -0.3 is 15.0 Å². The van der Waals surface area contributed by atoms with Crippen LogP contribution >= 0.6 is 0 Å². The molecule has 0 saturated carbocycles. The minimum atomic E-state index is -3.75. The second kappa shape index (κ2) is 5.86. The number of carboxylic acids is 1. The molecule has 0 atom stereocenters. The lowest BCUT2D eigenvalue weighted by Gasteiger charge is -2.20. The van der Waals surface area contributed by atoms with Crippen LogP contribution in [0.4, 0.5) is 0 Å². The summed E-state index contributed by atoms with van der Waals surface area (Å²) in [6.45, 7) is 2.82. The Hall–Kier alpha value is -1.87. The molecule has 21 heavy (non-hydrogen) atoms. The van der Waals surface area contributed by atoms with Crippen molar-refractivity contribution in [3.05, 3.63) is 18.0 Å². The van der Waals surface area contributed by atoms with E-state index in [-0.39, 0.29) is 23.0 Å². The van der Waals surface area contributed by atoms with Crippen molar-refractivity contribution in [1.82, 2.24) is 14.2 Å². The molecule has 0 spiro atoms. The van der Waals surface area contributed by atoms with E-state index in [0.717, 1.165) is 6.07 Å². The van der Waals surface area contributed by atoms with Crippen LogP contribution in [0.1, 0.15) is 23.8 Å². The van der Waals surface area contributed by atoms with E-state index in [2.05, 4.69) is 4.98 Å². The number of aromatic carboxylic acids is 1. The first-order valence-corrected chi connectivity index (χ1v) is 7.94. The fourth-order valence-corrected chi connectivity index (χ4v) is 3.71. The normalized spacial score (nSPS) is 17.5. The van der Waals surface area contributed by atoms with Gasteiger partial charge in [-0.1, -0.05) is 0 Å². The number of H-pyrrole nitrogens is 1. The summed E-state index contributed by atoms with van der Waals surface area (Å²) in [4.78, 5) is 26.1. The molecule has 1 amide bonds. The number of rotatable bonds is 3. The molecule has 1 aliphatic rings. The Kier molecular flexibility index (Phi) is 4.33. The van der Waals surface area contributed by atoms with E-state index in [9.17, 15) is 18.0 Å². The average Bonchev–Trinajstić information content (AvgIpc) is 2.77. The maximum absolute atomic E-state index is 12.5. The Morgan fingerprint density at radius 3 is 2.52 bits per heavy atom. The van der Waals surface area contributed by atoms with Gasteiger partial charge in [0.1, 0.15) is 10.6 Å². The summed E-state index contributed by atoms with van der Waals surface area (Å²) in [5.74, 6) is -1.29. The molecule has 8 nitrogen and oxygen atoms in total. The third-order valence-electron chi connectivity index (χ3n) is 3.42. The van der Waals surface area contributed by atoms with Gasteiger partial charge in [-0.25, -0.2) is 13.2 Å². The van der Waals surface area contributed by atoms with Crippen LogP contribution in [-0.4, -0.2) is 65.8 Å². The summed E-state index contributed by atoms with van der Waals surface area (Å²) >= 11 is 0. The molecule has 1 aliphatic heterocycles. The lowest BCUT2D eigenvalue weighted by atomic mass is 10.4. The Labute approximate surface area is 122 Å². The Bertz CT molecular complexity index is 652. The second-order valence-corrected chi connectivity index (χ2v) is 6.76. The lowest BCUT2D eigenvalue weighted by Crippen LogP contribution is -2.36. The van der Waals surface area contributed by atoms with Crippen LogP contribution in [0.5, 0.6) is 0 Å². The summed E-state index contributed by atoms with van der Waals surface area (Å²) in [6.07, 6.45) is 1.72. The van der Waals surface area contributed by atoms with Crippen molar-refractivity contribution in [2.75, 3.05) is 26.2 Å². The molecule has 0 aliphatic carbocycles. The van der Waals surface area contributed by atoms with Crippen LogP contribution < -0.4 is 0 Å². The fourth-order valence-electron chi connectivity index (χ4n) is 2.24. The van der Waals surface area contributed by atoms with Crippen LogP contribution in [0.3, 0.4) is 0 Å². The number of aromatic amines is 1. The zero-order chi connectivity index (χ0) is 15.6. The van der Waals surface area contributed by atoms with Crippen molar-refractivity contribution in [1.29, 1.82) is 0 Å². The molecule has 0 bridgehead atoms. The maximum Gasteiger partial charge on any atom is 0.352 e. The zero-order valence-corrected chi connectivity index (χ0v) is 12.4. The number of nitrogens with one attached hydrogen (secondary N) is 1. The van der Waals surface area contributed by atoms with Crippen molar-refractivity contribution in [2.24, 2.45) is 0 Å². The minimum Gasteiger partial charge on any atom is -0.477 e. The van der Waals surface area contributed by atoms with Crippen LogP contribution in [-0.2, 0) is 14.8 Å². The monoisotopic (exact) mass is 315 g/mol. The van der Waals surface area contributed by atoms with E-state index >= 15 is 0 Å². The SMILES string of the molecule is CC(=O)N1CCCN(S(=O)(=O)c2c[nH]c(C(=O)O)c2)CC1. The van der Waals surface area contributed by atoms with Crippen molar-refractivity contribution < 1.29 is 23.1 Å². The van der Waals surface area contributed by atoms with Gasteiger partial charge in [0.25, 0.3) is 0 Å². The molecule has 0 unspecified atom stereocenters. The molecule has 2 rings (SSSR count). The number of amides is 1. The summed E-state index contributed by atoms with van der Waals surface area (Å²) in [6, 6.07) is 1.10. The molecule has 1 fully saturated rings. The molecule has 116 valence electrons. The van der Waals surface area contributed by atoms with Gasteiger partial charge in [0.05, 0.1) is 0 Å². The fraction of sp³-hybridized carbons (Fsp3) is 0.500. The molecule has 1 aromatic heterocycles. The van der Waals surface area contributed by atoms with Gasteiger partial charge in [0.2, 0.25) is 15.9 Å². The van der Waals surface area contributed by atoms with Crippen molar-refractivity contribution in [2.45, 2.75) is 18.2 Å². The second-order valence-electron chi connectivity index (χ2n) is 4.82. The standard InChI is InChI=1S/C12H17N3O5S/c1-9(16)14-3-2-4-15(6-5-14)21(19,20)10-7-11(12(17)18)13-8-10/h7-8,13H,2-6H2,1H3,(H,17,18). The molecule has 9 heteroatoms. The Morgan fingerprint density at radius 2 is 1.95 bits per heavy atom. The van der Waals surface area contributed by atoms with E-state index in [1.807, 2.05) is 0 Å². The lowest BCUT2D eigenvalue weighted by molar-refractivity contribution is -0.128. The first-order valence-electron chi connectivity index (χ1n) is 6.50. The van der Waals surface area contributed by atoms with Gasteiger partial charge in [-0.05, 0) is 12.5 Å². The van der Waals surface area contributed by atoms with E-state index in [1.54, 1.807) is 4.90 Å². The first kappa shape index (κ1) is 15.5. The Morgan fingerprint density at radius 1 is 1.24 bits per heavy atom. The highest BCUT2D eigenvalue weighted by Crippen LogP contribution is 2.18. The van der Waals surface area contributed by atoms with Gasteiger partial charge in [0, 0.05) is 39.3 Å². The number of hydrogen-bond donors (Lipinski definition) is 2. The molecular weight excluding hydrogens is 298 g/mol. The average molecular weight is 315 g/mol. The van der Waals surface area contributed by atoms with Gasteiger partial charge in [-0.3, -0.25) is 4.79 Å². The summed E-state index contributed by atoms with van der Waals surface area (Å²) in [5, 5.41) is 8.83. The topological polar surface area (TPSA) is 111 Å². The van der Waals surface area contributed by atoms with E-state index in [4.69, 9.17) is 5.11 Å². The number of sulfonamides is 1. The Balaban J connectivity index is 2.19. The summed E-state index contributed by atoms with van der Waals surface area (Å²) in [7, 11) is -3.75. The highest BCUT2D eigenvalue weighted by Gasteiger charge is 2.28. The molecule has 1 aromatic rings. The smallest absolute Gasteiger partial charge is 0.352 e. The van der Waals surface area contributed by atoms with Gasteiger partial charge in [0.15, 0.2) is 0 Å². The molecule has 1 saturated heterocycles. The van der Waals surface area contributed by atoms with Crippen LogP contribution in [0.15, 0.2) is 17.2 Å². The van der Waals surface area contributed by atoms with E-state index < -0.39 is 16.0 Å². The molecule has 0 radical (unpaired) electrons. The van der Waals surface area contributed by atoms with E-state index in [0.29, 0.717) is 26.1 Å². The van der Waals surface area contributed by atoms with Gasteiger partial charge in [-0.2, -0.15) is 4.31 Å². The molecule has 0 aromatic carbocycles. The van der Waals surface area contributed by atoms with Gasteiger partial charge >= 0.3 is 5.97 Å². The predicted molar refractivity (Wildman–Crippen MR) is 73.4 cm³/mol. The number of carbonyl (C=O) groups is 2. The van der Waals surface area contributed by atoms with Gasteiger partial charge in [-0.15, -0.1) is 0 Å². The largest absolute Gasteiger partial charge is 0.477 e. The maximum atomic E-state index is 12.5. The third-order valence-corrected chi connectivity index (χ3v) is 5.30. The third kappa shape index (κ3) is 3.24. The molecule has 2 heterocycles. The van der Waals surface area contributed by atoms with Crippen molar-refractivity contribution in [3.63, 3.8) is 0 Å². The van der Waals surface area contributed by atoms with Crippen LogP contribution in [0, 0.1) is 0 Å².